The first kappa shape index (κ1) is 12.1. The summed E-state index contributed by atoms with van der Waals surface area (Å²) in [5.74, 6) is 0.522. The van der Waals surface area contributed by atoms with E-state index < -0.39 is 6.09 Å². The lowest BCUT2D eigenvalue weighted by Gasteiger charge is -2.06. The molecule has 1 amide bonds. The zero-order valence-corrected chi connectivity index (χ0v) is 9.19. The van der Waals surface area contributed by atoms with Crippen molar-refractivity contribution < 1.29 is 9.53 Å². The number of nitrogens with one attached hydrogen (secondary N) is 1. The summed E-state index contributed by atoms with van der Waals surface area (Å²) in [5, 5.41) is 10.8. The number of nitriles is 1. The summed E-state index contributed by atoms with van der Waals surface area (Å²) in [7, 11) is 0. The zero-order chi connectivity index (χ0) is 11.8. The molecule has 4 nitrogen and oxygen atoms in total. The van der Waals surface area contributed by atoms with E-state index in [-0.39, 0.29) is 6.42 Å². The molecule has 1 aromatic rings. The molecule has 0 fully saturated rings. The predicted molar refractivity (Wildman–Crippen MR) is 60.1 cm³/mol. The number of aryl methyl sites for hydroxylation is 1. The molecule has 0 aromatic heterocycles. The number of nitrogens with zero attached hydrogens (tertiary/aromatic N) is 1. The minimum atomic E-state index is -0.525. The van der Waals surface area contributed by atoms with E-state index in [1.165, 1.54) is 0 Å². The second-order valence-corrected chi connectivity index (χ2v) is 3.23. The van der Waals surface area contributed by atoms with Gasteiger partial charge in [0.15, 0.2) is 0 Å². The number of benzene rings is 1. The number of ether oxygens (including phenoxy) is 1. The van der Waals surface area contributed by atoms with Crippen molar-refractivity contribution in [2.75, 3.05) is 6.54 Å². The van der Waals surface area contributed by atoms with Crippen LogP contribution in [0.25, 0.3) is 0 Å². The highest BCUT2D eigenvalue weighted by molar-refractivity contribution is 5.70. The van der Waals surface area contributed by atoms with Gasteiger partial charge in [-0.1, -0.05) is 19.1 Å². The maximum absolute atomic E-state index is 11.2. The molecule has 0 radical (unpaired) electrons. The highest BCUT2D eigenvalue weighted by Gasteiger charge is 2.03. The minimum absolute atomic E-state index is 0.282. The molecule has 16 heavy (non-hydrogen) atoms. The number of amides is 1. The summed E-state index contributed by atoms with van der Waals surface area (Å²) < 4.78 is 5.04. The lowest BCUT2D eigenvalue weighted by atomic mass is 10.2. The van der Waals surface area contributed by atoms with Gasteiger partial charge < -0.3 is 10.1 Å². The van der Waals surface area contributed by atoms with Gasteiger partial charge in [0.2, 0.25) is 0 Å². The van der Waals surface area contributed by atoms with Gasteiger partial charge in [-0.25, -0.2) is 4.79 Å². The Labute approximate surface area is 94.8 Å². The third kappa shape index (κ3) is 4.01. The second-order valence-electron chi connectivity index (χ2n) is 3.23. The molecule has 0 heterocycles. The van der Waals surface area contributed by atoms with Crippen molar-refractivity contribution in [3.05, 3.63) is 29.8 Å². The Kier molecular flexibility index (Phi) is 4.87. The van der Waals surface area contributed by atoms with Crippen LogP contribution in [0.15, 0.2) is 24.3 Å². The van der Waals surface area contributed by atoms with Crippen molar-refractivity contribution in [1.29, 1.82) is 5.26 Å². The average molecular weight is 218 g/mol. The van der Waals surface area contributed by atoms with E-state index in [4.69, 9.17) is 10.00 Å². The van der Waals surface area contributed by atoms with Crippen LogP contribution in [0, 0.1) is 11.3 Å². The summed E-state index contributed by atoms with van der Waals surface area (Å²) in [6.45, 7) is 2.34. The van der Waals surface area contributed by atoms with Gasteiger partial charge in [-0.2, -0.15) is 5.26 Å². The molecule has 1 rings (SSSR count). The zero-order valence-electron chi connectivity index (χ0n) is 9.19. The lowest BCUT2D eigenvalue weighted by molar-refractivity contribution is 0.201. The minimum Gasteiger partial charge on any atom is -0.410 e. The molecule has 0 aliphatic heterocycles. The van der Waals surface area contributed by atoms with Gasteiger partial charge in [0, 0.05) is 6.54 Å². The number of hydrogen-bond donors (Lipinski definition) is 1. The van der Waals surface area contributed by atoms with Crippen molar-refractivity contribution in [1.82, 2.24) is 5.32 Å². The van der Waals surface area contributed by atoms with E-state index in [2.05, 4.69) is 5.32 Å². The third-order valence-electron chi connectivity index (χ3n) is 2.02. The van der Waals surface area contributed by atoms with Gasteiger partial charge in [0.25, 0.3) is 0 Å². The number of rotatable bonds is 4. The maximum Gasteiger partial charge on any atom is 0.412 e. The van der Waals surface area contributed by atoms with Crippen molar-refractivity contribution in [2.45, 2.75) is 19.8 Å². The molecule has 0 atom stereocenters. The average Bonchev–Trinajstić information content (AvgIpc) is 2.29. The molecule has 0 aliphatic carbocycles. The van der Waals surface area contributed by atoms with Gasteiger partial charge in [-0.15, -0.1) is 0 Å². The highest BCUT2D eigenvalue weighted by Crippen LogP contribution is 2.13. The molecule has 0 saturated heterocycles. The first-order chi connectivity index (χ1) is 7.76. The summed E-state index contributed by atoms with van der Waals surface area (Å²) in [4.78, 5) is 11.2. The fourth-order valence-electron chi connectivity index (χ4n) is 1.19. The van der Waals surface area contributed by atoms with E-state index in [0.29, 0.717) is 12.3 Å². The maximum atomic E-state index is 11.2. The van der Waals surface area contributed by atoms with Crippen LogP contribution >= 0.6 is 0 Å². The Morgan fingerprint density at radius 1 is 1.56 bits per heavy atom. The summed E-state index contributed by atoms with van der Waals surface area (Å²) >= 11 is 0. The predicted octanol–water partition coefficient (Wildman–Crippen LogP) is 2.25. The Bertz CT molecular complexity index is 396. The second kappa shape index (κ2) is 6.46. The van der Waals surface area contributed by atoms with Crippen LogP contribution in [0.1, 0.15) is 18.9 Å². The Morgan fingerprint density at radius 2 is 2.38 bits per heavy atom. The van der Waals surface area contributed by atoms with Crippen LogP contribution < -0.4 is 10.1 Å². The summed E-state index contributed by atoms with van der Waals surface area (Å²) in [6.07, 6.45) is 0.653. The molecular formula is C12H14N2O2. The standard InChI is InChI=1S/C12H14N2O2/c1-2-10-5-3-6-11(9-10)16-12(15)14-8-4-7-13/h3,5-6,9H,2,4,8H2,1H3,(H,14,15). The fourth-order valence-corrected chi connectivity index (χ4v) is 1.19. The molecule has 0 unspecified atom stereocenters. The van der Waals surface area contributed by atoms with E-state index in [0.717, 1.165) is 12.0 Å². The van der Waals surface area contributed by atoms with E-state index >= 15 is 0 Å². The molecule has 84 valence electrons. The van der Waals surface area contributed by atoms with Crippen LogP contribution in [-0.4, -0.2) is 12.6 Å². The Balaban J connectivity index is 2.46. The molecular weight excluding hydrogens is 204 g/mol. The van der Waals surface area contributed by atoms with Gasteiger partial charge in [-0.05, 0) is 24.1 Å². The summed E-state index contributed by atoms with van der Waals surface area (Å²) in [5.41, 5.74) is 1.11. The monoisotopic (exact) mass is 218 g/mol. The van der Waals surface area contributed by atoms with Gasteiger partial charge in [0.1, 0.15) is 5.75 Å². The Hall–Kier alpha value is -2.02. The summed E-state index contributed by atoms with van der Waals surface area (Å²) in [6, 6.07) is 9.30. The topological polar surface area (TPSA) is 62.1 Å². The van der Waals surface area contributed by atoms with Crippen LogP contribution in [-0.2, 0) is 6.42 Å². The fraction of sp³-hybridized carbons (Fsp3) is 0.333. The van der Waals surface area contributed by atoms with Crippen LogP contribution in [0.4, 0.5) is 4.79 Å². The van der Waals surface area contributed by atoms with E-state index in [1.54, 1.807) is 6.07 Å². The van der Waals surface area contributed by atoms with E-state index in [9.17, 15) is 4.79 Å². The lowest BCUT2D eigenvalue weighted by Crippen LogP contribution is -2.27. The first-order valence-corrected chi connectivity index (χ1v) is 5.18. The van der Waals surface area contributed by atoms with Crippen molar-refractivity contribution in [3.63, 3.8) is 0 Å². The van der Waals surface area contributed by atoms with Crippen molar-refractivity contribution >= 4 is 6.09 Å². The van der Waals surface area contributed by atoms with Crippen LogP contribution in [0.5, 0.6) is 5.75 Å². The molecule has 0 aliphatic rings. The highest BCUT2D eigenvalue weighted by atomic mass is 16.5. The number of carbonyl (C=O) groups excluding carboxylic acids is 1. The number of carbonyl (C=O) groups is 1. The van der Waals surface area contributed by atoms with Crippen LogP contribution in [0.3, 0.4) is 0 Å². The normalized spacial score (nSPS) is 9.25. The van der Waals surface area contributed by atoms with Crippen molar-refractivity contribution in [3.8, 4) is 11.8 Å². The molecule has 0 spiro atoms. The SMILES string of the molecule is CCc1cccc(OC(=O)NCCC#N)c1. The molecule has 4 heteroatoms. The largest absolute Gasteiger partial charge is 0.412 e. The quantitative estimate of drug-likeness (QED) is 0.788. The van der Waals surface area contributed by atoms with Gasteiger partial charge in [-0.3, -0.25) is 0 Å². The van der Waals surface area contributed by atoms with Crippen molar-refractivity contribution in [2.24, 2.45) is 0 Å². The molecule has 1 aromatic carbocycles. The molecule has 1 N–H and O–H groups in total. The third-order valence-corrected chi connectivity index (χ3v) is 2.02. The smallest absolute Gasteiger partial charge is 0.410 e. The Morgan fingerprint density at radius 3 is 3.06 bits per heavy atom. The number of hydrogen-bond acceptors (Lipinski definition) is 3. The van der Waals surface area contributed by atoms with Crippen LogP contribution in [0.2, 0.25) is 0 Å². The van der Waals surface area contributed by atoms with Gasteiger partial charge >= 0.3 is 6.09 Å². The molecule has 0 saturated carbocycles. The first-order valence-electron chi connectivity index (χ1n) is 5.18. The molecule has 0 bridgehead atoms. The van der Waals surface area contributed by atoms with E-state index in [1.807, 2.05) is 31.2 Å². The van der Waals surface area contributed by atoms with Gasteiger partial charge in [0.05, 0.1) is 12.5 Å².